The molecule has 0 atom stereocenters. The monoisotopic (exact) mass is 282 g/mol. The van der Waals surface area contributed by atoms with Gasteiger partial charge in [0.05, 0.1) is 6.61 Å². The van der Waals surface area contributed by atoms with Gasteiger partial charge in [0.1, 0.15) is 5.75 Å². The van der Waals surface area contributed by atoms with Crippen LogP contribution in [-0.4, -0.2) is 6.61 Å². The predicted octanol–water partition coefficient (Wildman–Crippen LogP) is 5.06. The molecule has 2 aromatic carbocycles. The van der Waals surface area contributed by atoms with Crippen LogP contribution in [0.3, 0.4) is 0 Å². The summed E-state index contributed by atoms with van der Waals surface area (Å²) in [6, 6.07) is 24.2. The van der Waals surface area contributed by atoms with Gasteiger partial charge in [-0.05, 0) is 22.4 Å². The van der Waals surface area contributed by atoms with Crippen molar-refractivity contribution in [2.75, 3.05) is 6.61 Å². The molecule has 0 aliphatic carbocycles. The summed E-state index contributed by atoms with van der Waals surface area (Å²) in [6.45, 7) is 0.860. The second kappa shape index (κ2) is 8.94. The second-order valence-electron chi connectivity index (χ2n) is 4.15. The summed E-state index contributed by atoms with van der Waals surface area (Å²) in [6.07, 6.45) is 1.08. The highest BCUT2D eigenvalue weighted by molar-refractivity contribution is 7.07. The zero-order valence-corrected chi connectivity index (χ0v) is 12.1. The summed E-state index contributed by atoms with van der Waals surface area (Å²) in [5.41, 5.74) is 1.34. The summed E-state index contributed by atoms with van der Waals surface area (Å²) >= 11 is 1.71. The van der Waals surface area contributed by atoms with E-state index in [-0.39, 0.29) is 0 Å². The van der Waals surface area contributed by atoms with Crippen LogP contribution in [-0.2, 0) is 6.42 Å². The highest BCUT2D eigenvalue weighted by Gasteiger charge is 2.08. The average Bonchev–Trinajstić information content (AvgIpc) is 3.24. The van der Waals surface area contributed by atoms with Gasteiger partial charge in [-0.3, -0.25) is 0 Å². The Morgan fingerprint density at radius 2 is 1.30 bits per heavy atom. The number of thiophene rings is 1. The molecule has 2 heterocycles. The molecule has 2 heteroatoms. The lowest BCUT2D eigenvalue weighted by Crippen LogP contribution is -1.85. The molecule has 4 rings (SSSR count). The van der Waals surface area contributed by atoms with Gasteiger partial charge in [-0.25, -0.2) is 0 Å². The summed E-state index contributed by atoms with van der Waals surface area (Å²) in [7, 11) is 0. The molecule has 0 unspecified atom stereocenters. The molecule has 0 spiro atoms. The fourth-order valence-corrected chi connectivity index (χ4v) is 2.19. The number of hydrogen-bond acceptors (Lipinski definition) is 2. The number of benzene rings is 2. The van der Waals surface area contributed by atoms with Crippen molar-refractivity contribution in [3.05, 3.63) is 89.1 Å². The number of para-hydroxylation sites is 1. The Hall–Kier alpha value is -2.06. The molecule has 102 valence electrons. The molecular weight excluding hydrogens is 264 g/mol. The van der Waals surface area contributed by atoms with Crippen molar-refractivity contribution in [1.29, 1.82) is 0 Å². The van der Waals surface area contributed by atoms with Gasteiger partial charge in [-0.15, -0.1) is 0 Å². The highest BCUT2D eigenvalue weighted by Crippen LogP contribution is 2.23. The Morgan fingerprint density at radius 3 is 1.80 bits per heavy atom. The smallest absolute Gasteiger partial charge is 0.122 e. The van der Waals surface area contributed by atoms with Crippen LogP contribution in [0.5, 0.6) is 5.75 Å². The van der Waals surface area contributed by atoms with Crippen LogP contribution in [0.4, 0.5) is 0 Å². The molecule has 1 aliphatic heterocycles. The van der Waals surface area contributed by atoms with Crippen LogP contribution in [0, 0.1) is 0 Å². The Balaban J connectivity index is 0.000000117. The van der Waals surface area contributed by atoms with Crippen molar-refractivity contribution in [3.63, 3.8) is 0 Å². The molecule has 20 heavy (non-hydrogen) atoms. The van der Waals surface area contributed by atoms with Gasteiger partial charge in [0.25, 0.3) is 0 Å². The normalized spacial score (nSPS) is 11.0. The van der Waals surface area contributed by atoms with E-state index in [0.29, 0.717) is 0 Å². The van der Waals surface area contributed by atoms with E-state index < -0.39 is 0 Å². The van der Waals surface area contributed by atoms with E-state index in [9.17, 15) is 0 Å². The Morgan fingerprint density at radius 1 is 0.700 bits per heavy atom. The Bertz CT molecular complexity index is 494. The SMILES string of the molecule is c1ccc2c(c1)CCO2.c1ccccc1.c1ccsc1. The summed E-state index contributed by atoms with van der Waals surface area (Å²) < 4.78 is 5.30. The molecule has 0 amide bonds. The highest BCUT2D eigenvalue weighted by atomic mass is 32.1. The lowest BCUT2D eigenvalue weighted by molar-refractivity contribution is 0.357. The van der Waals surface area contributed by atoms with Crippen LogP contribution in [0.2, 0.25) is 0 Å². The van der Waals surface area contributed by atoms with Crippen LogP contribution in [0.1, 0.15) is 5.56 Å². The first kappa shape index (κ1) is 14.4. The van der Waals surface area contributed by atoms with E-state index in [1.165, 1.54) is 5.56 Å². The maximum absolute atomic E-state index is 5.30. The number of hydrogen-bond donors (Lipinski definition) is 0. The second-order valence-corrected chi connectivity index (χ2v) is 4.97. The quantitative estimate of drug-likeness (QED) is 0.560. The third-order valence-electron chi connectivity index (χ3n) is 2.69. The van der Waals surface area contributed by atoms with Crippen LogP contribution < -0.4 is 4.74 Å². The van der Waals surface area contributed by atoms with E-state index in [1.54, 1.807) is 11.3 Å². The van der Waals surface area contributed by atoms with Crippen molar-refractivity contribution in [1.82, 2.24) is 0 Å². The van der Waals surface area contributed by atoms with Crippen molar-refractivity contribution >= 4 is 11.3 Å². The van der Waals surface area contributed by atoms with Gasteiger partial charge in [0.2, 0.25) is 0 Å². The van der Waals surface area contributed by atoms with Gasteiger partial charge in [-0.2, -0.15) is 11.3 Å². The first-order chi connectivity index (χ1) is 9.97. The van der Waals surface area contributed by atoms with Crippen LogP contribution in [0.25, 0.3) is 0 Å². The van der Waals surface area contributed by atoms with E-state index in [0.717, 1.165) is 18.8 Å². The first-order valence-corrected chi connectivity index (χ1v) is 7.59. The predicted molar refractivity (Wildman–Crippen MR) is 86.4 cm³/mol. The largest absolute Gasteiger partial charge is 0.493 e. The lowest BCUT2D eigenvalue weighted by Gasteiger charge is -1.93. The molecule has 0 bridgehead atoms. The molecule has 1 aromatic heterocycles. The molecule has 1 aliphatic rings. The summed E-state index contributed by atoms with van der Waals surface area (Å²) in [5, 5.41) is 4.08. The Kier molecular flexibility index (Phi) is 6.42. The average molecular weight is 282 g/mol. The number of fused-ring (bicyclic) bond motifs is 1. The molecule has 0 fully saturated rings. The van der Waals surface area contributed by atoms with Gasteiger partial charge in [-0.1, -0.05) is 66.7 Å². The number of ether oxygens (including phenoxy) is 1. The van der Waals surface area contributed by atoms with Crippen LogP contribution in [0.15, 0.2) is 83.6 Å². The van der Waals surface area contributed by atoms with Gasteiger partial charge >= 0.3 is 0 Å². The van der Waals surface area contributed by atoms with Crippen LogP contribution >= 0.6 is 11.3 Å². The topological polar surface area (TPSA) is 9.23 Å². The molecular formula is C18H18OS. The fourth-order valence-electron chi connectivity index (χ4n) is 1.73. The molecule has 1 nitrogen and oxygen atoms in total. The standard InChI is InChI=1S/C8H8O.C6H6.C4H4S/c1-2-4-8-7(3-1)5-6-9-8;1-2-4-6-5-3-1;1-2-4-5-3-1/h1-4H,5-6H2;1-6H;1-4H. The molecule has 0 radical (unpaired) electrons. The van der Waals surface area contributed by atoms with Crippen molar-refractivity contribution in [3.8, 4) is 5.75 Å². The molecule has 0 saturated heterocycles. The number of rotatable bonds is 0. The zero-order chi connectivity index (χ0) is 13.9. The zero-order valence-electron chi connectivity index (χ0n) is 11.3. The summed E-state index contributed by atoms with van der Waals surface area (Å²) in [4.78, 5) is 0. The van der Waals surface area contributed by atoms with Crippen molar-refractivity contribution < 1.29 is 4.74 Å². The third kappa shape index (κ3) is 5.29. The summed E-state index contributed by atoms with van der Waals surface area (Å²) in [5.74, 6) is 1.07. The minimum atomic E-state index is 0.860. The Labute approximate surface area is 124 Å². The van der Waals surface area contributed by atoms with E-state index in [2.05, 4.69) is 6.07 Å². The van der Waals surface area contributed by atoms with Gasteiger partial charge in [0, 0.05) is 6.42 Å². The minimum Gasteiger partial charge on any atom is -0.493 e. The first-order valence-electron chi connectivity index (χ1n) is 6.65. The van der Waals surface area contributed by atoms with Crippen molar-refractivity contribution in [2.45, 2.75) is 6.42 Å². The lowest BCUT2D eigenvalue weighted by atomic mass is 10.2. The molecule has 0 saturated carbocycles. The van der Waals surface area contributed by atoms with E-state index in [4.69, 9.17) is 4.74 Å². The van der Waals surface area contributed by atoms with Gasteiger partial charge in [0.15, 0.2) is 0 Å². The minimum absolute atomic E-state index is 0.860. The maximum Gasteiger partial charge on any atom is 0.122 e. The van der Waals surface area contributed by atoms with Gasteiger partial charge < -0.3 is 4.74 Å². The third-order valence-corrected chi connectivity index (χ3v) is 3.32. The maximum atomic E-state index is 5.30. The van der Waals surface area contributed by atoms with E-state index >= 15 is 0 Å². The fraction of sp³-hybridized carbons (Fsp3) is 0.111. The molecule has 3 aromatic rings. The van der Waals surface area contributed by atoms with Crippen molar-refractivity contribution in [2.24, 2.45) is 0 Å². The van der Waals surface area contributed by atoms with E-state index in [1.807, 2.05) is 77.5 Å². The molecule has 0 N–H and O–H groups in total.